The number of carbonyl (C=O) groups is 2. The number of para-hydroxylation sites is 1. The lowest BCUT2D eigenvalue weighted by atomic mass is 10.2. The van der Waals surface area contributed by atoms with Crippen LogP contribution in [0.4, 0.5) is 5.69 Å². The summed E-state index contributed by atoms with van der Waals surface area (Å²) in [5.74, 6) is -0.217. The second kappa shape index (κ2) is 8.26. The van der Waals surface area contributed by atoms with Gasteiger partial charge in [0.05, 0.1) is 18.9 Å². The number of nitrogens with zero attached hydrogens (tertiary/aromatic N) is 3. The monoisotopic (exact) mass is 399 g/mol. The molecule has 3 aromatic rings. The largest absolute Gasteiger partial charge is 0.495 e. The summed E-state index contributed by atoms with van der Waals surface area (Å²) in [7, 11) is 6.75. The molecule has 7 nitrogen and oxygen atoms in total. The van der Waals surface area contributed by atoms with Gasteiger partial charge in [0.2, 0.25) is 0 Å². The van der Waals surface area contributed by atoms with E-state index in [0.717, 1.165) is 10.4 Å². The molecule has 0 unspecified atom stereocenters. The molecule has 0 aliphatic rings. The van der Waals surface area contributed by atoms with Crippen molar-refractivity contribution in [1.82, 2.24) is 4.57 Å². The molecule has 0 aliphatic heterocycles. The summed E-state index contributed by atoms with van der Waals surface area (Å²) in [6.07, 6.45) is 0. The van der Waals surface area contributed by atoms with Crippen LogP contribution in [0, 0.1) is 0 Å². The lowest BCUT2D eigenvalue weighted by Crippen LogP contribution is -2.22. The third-order valence-electron chi connectivity index (χ3n) is 4.23. The van der Waals surface area contributed by atoms with Crippen molar-refractivity contribution >= 4 is 39.1 Å². The van der Waals surface area contributed by atoms with E-state index in [0.29, 0.717) is 21.6 Å². The van der Waals surface area contributed by atoms with Crippen LogP contribution in [0.2, 0.25) is 0 Å². The predicted molar refractivity (Wildman–Crippen MR) is 109 cm³/mol. The van der Waals surface area contributed by atoms with E-state index < -0.39 is 5.97 Å². The molecule has 8 heteroatoms. The van der Waals surface area contributed by atoms with Crippen molar-refractivity contribution in [1.29, 1.82) is 0 Å². The van der Waals surface area contributed by atoms with Crippen molar-refractivity contribution in [2.24, 2.45) is 4.99 Å². The molecule has 0 fully saturated rings. The van der Waals surface area contributed by atoms with Crippen LogP contribution in [-0.4, -0.2) is 44.8 Å². The van der Waals surface area contributed by atoms with Gasteiger partial charge in [0.1, 0.15) is 17.8 Å². The van der Waals surface area contributed by atoms with Gasteiger partial charge < -0.3 is 18.9 Å². The molecule has 0 bridgehead atoms. The summed E-state index contributed by atoms with van der Waals surface area (Å²) in [5.41, 5.74) is 2.17. The number of aromatic nitrogens is 1. The Morgan fingerprint density at radius 2 is 1.82 bits per heavy atom. The molecule has 1 amide bonds. The molecular weight excluding hydrogens is 378 g/mol. The van der Waals surface area contributed by atoms with Crippen LogP contribution in [0.3, 0.4) is 0 Å². The lowest BCUT2D eigenvalue weighted by molar-refractivity contribution is -0.141. The standard InChI is InChI=1S/C20H21N3O4S/c1-22(2)14-10-8-13(9-11-14)19(25)21-20-23(12-17(24)27-4)18-15(26-3)6-5-7-16(18)28-20/h5-11H,12H2,1-4H3. The average Bonchev–Trinajstić information content (AvgIpc) is 3.04. The fourth-order valence-corrected chi connectivity index (χ4v) is 3.79. The van der Waals surface area contributed by atoms with Crippen LogP contribution in [0.1, 0.15) is 10.4 Å². The molecule has 0 aliphatic carbocycles. The highest BCUT2D eigenvalue weighted by Crippen LogP contribution is 2.27. The maximum Gasteiger partial charge on any atom is 0.325 e. The first kappa shape index (κ1) is 19.6. The molecular formula is C20H21N3O4S. The minimum Gasteiger partial charge on any atom is -0.495 e. The number of fused-ring (bicyclic) bond motifs is 1. The number of ether oxygens (including phenoxy) is 2. The summed E-state index contributed by atoms with van der Waals surface area (Å²) in [5, 5.41) is 0. The van der Waals surface area contributed by atoms with Crippen LogP contribution in [0.25, 0.3) is 10.2 Å². The summed E-state index contributed by atoms with van der Waals surface area (Å²) >= 11 is 1.32. The van der Waals surface area contributed by atoms with Crippen LogP contribution in [0.15, 0.2) is 47.5 Å². The first-order valence-corrected chi connectivity index (χ1v) is 9.36. The van der Waals surface area contributed by atoms with Gasteiger partial charge in [-0.25, -0.2) is 0 Å². The SMILES string of the molecule is COC(=O)Cn1c(=NC(=O)c2ccc(N(C)C)cc2)sc2cccc(OC)c21. The summed E-state index contributed by atoms with van der Waals surface area (Å²) in [6, 6.07) is 12.7. The topological polar surface area (TPSA) is 73.1 Å². The number of anilines is 1. The lowest BCUT2D eigenvalue weighted by Gasteiger charge is -2.11. The zero-order chi connectivity index (χ0) is 20.3. The van der Waals surface area contributed by atoms with Crippen molar-refractivity contribution in [3.63, 3.8) is 0 Å². The highest BCUT2D eigenvalue weighted by molar-refractivity contribution is 7.16. The Hall–Kier alpha value is -3.13. The molecule has 0 spiro atoms. The molecule has 146 valence electrons. The first-order valence-electron chi connectivity index (χ1n) is 8.54. The zero-order valence-electron chi connectivity index (χ0n) is 16.1. The number of hydrogen-bond acceptors (Lipinski definition) is 6. The third kappa shape index (κ3) is 3.91. The Balaban J connectivity index is 2.11. The van der Waals surface area contributed by atoms with Gasteiger partial charge in [-0.15, -0.1) is 0 Å². The molecule has 0 saturated carbocycles. The van der Waals surface area contributed by atoms with E-state index in [1.165, 1.54) is 18.4 Å². The van der Waals surface area contributed by atoms with Gasteiger partial charge in [-0.2, -0.15) is 4.99 Å². The maximum absolute atomic E-state index is 12.7. The van der Waals surface area contributed by atoms with E-state index in [4.69, 9.17) is 9.47 Å². The summed E-state index contributed by atoms with van der Waals surface area (Å²) < 4.78 is 12.7. The number of benzene rings is 2. The number of thiazole rings is 1. The van der Waals surface area contributed by atoms with Crippen molar-refractivity contribution in [3.8, 4) is 5.75 Å². The highest BCUT2D eigenvalue weighted by Gasteiger charge is 2.15. The van der Waals surface area contributed by atoms with E-state index in [2.05, 4.69) is 4.99 Å². The Labute approximate surface area is 166 Å². The molecule has 0 N–H and O–H groups in total. The van der Waals surface area contributed by atoms with Crippen molar-refractivity contribution in [2.45, 2.75) is 6.54 Å². The summed E-state index contributed by atoms with van der Waals surface area (Å²) in [4.78, 5) is 31.3. The van der Waals surface area contributed by atoms with E-state index in [9.17, 15) is 9.59 Å². The number of hydrogen-bond donors (Lipinski definition) is 0. The highest BCUT2D eigenvalue weighted by atomic mass is 32.1. The second-order valence-corrected chi connectivity index (χ2v) is 7.22. The number of carbonyl (C=O) groups excluding carboxylic acids is 2. The predicted octanol–water partition coefficient (Wildman–Crippen LogP) is 2.69. The minimum atomic E-state index is -0.435. The van der Waals surface area contributed by atoms with E-state index >= 15 is 0 Å². The Bertz CT molecular complexity index is 1080. The van der Waals surface area contributed by atoms with Gasteiger partial charge in [-0.05, 0) is 36.4 Å². The first-order chi connectivity index (χ1) is 13.4. The molecule has 2 aromatic carbocycles. The fraction of sp³-hybridized carbons (Fsp3) is 0.250. The van der Waals surface area contributed by atoms with Crippen LogP contribution in [0.5, 0.6) is 5.75 Å². The zero-order valence-corrected chi connectivity index (χ0v) is 16.9. The molecule has 3 rings (SSSR count). The van der Waals surface area contributed by atoms with Crippen LogP contribution in [-0.2, 0) is 16.1 Å². The average molecular weight is 399 g/mol. The Kier molecular flexibility index (Phi) is 5.79. The third-order valence-corrected chi connectivity index (χ3v) is 5.27. The maximum atomic E-state index is 12.7. The number of rotatable bonds is 5. The van der Waals surface area contributed by atoms with E-state index in [1.807, 2.05) is 43.3 Å². The van der Waals surface area contributed by atoms with Crippen LogP contribution >= 0.6 is 11.3 Å². The summed E-state index contributed by atoms with van der Waals surface area (Å²) in [6.45, 7) is -0.0669. The molecule has 0 radical (unpaired) electrons. The van der Waals surface area contributed by atoms with Crippen LogP contribution < -0.4 is 14.4 Å². The quantitative estimate of drug-likeness (QED) is 0.617. The Morgan fingerprint density at radius 3 is 2.43 bits per heavy atom. The molecule has 1 aromatic heterocycles. The van der Waals surface area contributed by atoms with Gasteiger partial charge >= 0.3 is 5.97 Å². The molecule has 0 atom stereocenters. The molecule has 0 saturated heterocycles. The van der Waals surface area contributed by atoms with Gasteiger partial charge in [0.25, 0.3) is 5.91 Å². The van der Waals surface area contributed by atoms with E-state index in [1.54, 1.807) is 29.9 Å². The van der Waals surface area contributed by atoms with E-state index in [-0.39, 0.29) is 12.5 Å². The van der Waals surface area contributed by atoms with Crippen molar-refractivity contribution in [3.05, 3.63) is 52.8 Å². The number of methoxy groups -OCH3 is 2. The van der Waals surface area contributed by atoms with Crippen molar-refractivity contribution in [2.75, 3.05) is 33.2 Å². The number of amides is 1. The molecule has 28 heavy (non-hydrogen) atoms. The minimum absolute atomic E-state index is 0.0669. The molecule has 1 heterocycles. The Morgan fingerprint density at radius 1 is 1.11 bits per heavy atom. The second-order valence-electron chi connectivity index (χ2n) is 6.21. The van der Waals surface area contributed by atoms with Gasteiger partial charge in [-0.1, -0.05) is 17.4 Å². The van der Waals surface area contributed by atoms with Gasteiger partial charge in [0.15, 0.2) is 4.80 Å². The van der Waals surface area contributed by atoms with Gasteiger partial charge in [-0.3, -0.25) is 9.59 Å². The smallest absolute Gasteiger partial charge is 0.325 e. The normalized spacial score (nSPS) is 11.5. The number of esters is 1. The van der Waals surface area contributed by atoms with Crippen molar-refractivity contribution < 1.29 is 19.1 Å². The van der Waals surface area contributed by atoms with Gasteiger partial charge in [0, 0.05) is 25.3 Å². The fourth-order valence-electron chi connectivity index (χ4n) is 2.74.